The van der Waals surface area contributed by atoms with E-state index in [0.29, 0.717) is 31.2 Å². The molecule has 0 unspecified atom stereocenters. The molecule has 1 fully saturated rings. The number of nitrogens with zero attached hydrogens (tertiary/aromatic N) is 3. The molecule has 1 aromatic rings. The van der Waals surface area contributed by atoms with Gasteiger partial charge in [-0.15, -0.1) is 0 Å². The van der Waals surface area contributed by atoms with E-state index < -0.39 is 10.0 Å². The fourth-order valence-corrected chi connectivity index (χ4v) is 3.07. The molecule has 1 aromatic heterocycles. The third kappa shape index (κ3) is 5.16. The lowest BCUT2D eigenvalue weighted by Crippen LogP contribution is -2.46. The maximum Gasteiger partial charge on any atom is 0.223 e. The summed E-state index contributed by atoms with van der Waals surface area (Å²) in [7, 11) is -3.24. The Labute approximate surface area is 119 Å². The zero-order valence-electron chi connectivity index (χ0n) is 11.6. The molecule has 0 bridgehead atoms. The van der Waals surface area contributed by atoms with E-state index in [-0.39, 0.29) is 5.75 Å². The predicted molar refractivity (Wildman–Crippen MR) is 73.8 cm³/mol. The van der Waals surface area contributed by atoms with Gasteiger partial charge in [-0.2, -0.15) is 4.98 Å². The van der Waals surface area contributed by atoms with Crippen LogP contribution in [0.15, 0.2) is 4.52 Å². The van der Waals surface area contributed by atoms with Crippen LogP contribution in [0.25, 0.3) is 0 Å². The first-order chi connectivity index (χ1) is 9.55. The molecule has 0 radical (unpaired) electrons. The summed E-state index contributed by atoms with van der Waals surface area (Å²) in [6.07, 6.45) is 0.435. The molecule has 114 valence electrons. The van der Waals surface area contributed by atoms with Crippen molar-refractivity contribution in [3.05, 3.63) is 11.7 Å². The number of aryl methyl sites for hydroxylation is 1. The Kier molecular flexibility index (Phi) is 5.46. The first-order valence-corrected chi connectivity index (χ1v) is 8.40. The van der Waals surface area contributed by atoms with E-state index in [1.165, 1.54) is 0 Å². The van der Waals surface area contributed by atoms with Gasteiger partial charge in [-0.1, -0.05) is 5.16 Å². The third-order valence-electron chi connectivity index (χ3n) is 3.13. The fourth-order valence-electron chi connectivity index (χ4n) is 2.02. The van der Waals surface area contributed by atoms with Gasteiger partial charge in [0.1, 0.15) is 0 Å². The predicted octanol–water partition coefficient (Wildman–Crippen LogP) is -1.25. The van der Waals surface area contributed by atoms with Crippen LogP contribution < -0.4 is 10.0 Å². The molecule has 0 spiro atoms. The summed E-state index contributed by atoms with van der Waals surface area (Å²) in [6, 6.07) is 0. The zero-order valence-corrected chi connectivity index (χ0v) is 12.4. The molecule has 0 aromatic carbocycles. The van der Waals surface area contributed by atoms with Gasteiger partial charge in [0.25, 0.3) is 0 Å². The molecule has 2 heterocycles. The lowest BCUT2D eigenvalue weighted by molar-refractivity contribution is 0.253. The second kappa shape index (κ2) is 7.11. The maximum absolute atomic E-state index is 11.9. The molecule has 0 atom stereocenters. The van der Waals surface area contributed by atoms with E-state index in [1.54, 1.807) is 6.92 Å². The van der Waals surface area contributed by atoms with Crippen molar-refractivity contribution < 1.29 is 12.9 Å². The van der Waals surface area contributed by atoms with Crippen LogP contribution >= 0.6 is 0 Å². The molecule has 0 amide bonds. The van der Waals surface area contributed by atoms with Gasteiger partial charge >= 0.3 is 0 Å². The molecule has 0 saturated carbocycles. The van der Waals surface area contributed by atoms with Crippen molar-refractivity contribution in [2.24, 2.45) is 0 Å². The van der Waals surface area contributed by atoms with Gasteiger partial charge in [0, 0.05) is 52.6 Å². The Morgan fingerprint density at radius 1 is 1.40 bits per heavy atom. The second-order valence-corrected chi connectivity index (χ2v) is 6.71. The molecule has 0 aliphatic carbocycles. The first kappa shape index (κ1) is 15.4. The molecule has 2 N–H and O–H groups in total. The van der Waals surface area contributed by atoms with Crippen molar-refractivity contribution >= 4 is 10.0 Å². The van der Waals surface area contributed by atoms with Crippen LogP contribution in [-0.2, 0) is 16.4 Å². The molecule has 20 heavy (non-hydrogen) atoms. The maximum atomic E-state index is 11.9. The minimum absolute atomic E-state index is 0.123. The van der Waals surface area contributed by atoms with Crippen LogP contribution in [0, 0.1) is 6.92 Å². The smallest absolute Gasteiger partial charge is 0.223 e. The number of nitrogens with one attached hydrogen (secondary N) is 2. The second-order valence-electron chi connectivity index (χ2n) is 4.78. The number of aromatic nitrogens is 2. The van der Waals surface area contributed by atoms with Crippen LogP contribution in [0.5, 0.6) is 0 Å². The Morgan fingerprint density at radius 2 is 2.15 bits per heavy atom. The summed E-state index contributed by atoms with van der Waals surface area (Å²) in [6.45, 7) is 6.21. The zero-order chi connectivity index (χ0) is 14.4. The van der Waals surface area contributed by atoms with Gasteiger partial charge in [0.2, 0.25) is 15.9 Å². The SMILES string of the molecule is Cc1nc(CCNS(=O)(=O)CCN2CCNCC2)no1. The lowest BCUT2D eigenvalue weighted by atomic mass is 10.4. The van der Waals surface area contributed by atoms with Gasteiger partial charge in [0.05, 0.1) is 5.75 Å². The Bertz CT molecular complexity index is 510. The minimum Gasteiger partial charge on any atom is -0.340 e. The van der Waals surface area contributed by atoms with Crippen molar-refractivity contribution in [3.63, 3.8) is 0 Å². The summed E-state index contributed by atoms with van der Waals surface area (Å²) >= 11 is 0. The summed E-state index contributed by atoms with van der Waals surface area (Å²) in [4.78, 5) is 6.17. The first-order valence-electron chi connectivity index (χ1n) is 6.75. The van der Waals surface area contributed by atoms with E-state index in [9.17, 15) is 8.42 Å². The monoisotopic (exact) mass is 303 g/mol. The number of hydrogen-bond donors (Lipinski definition) is 2. The van der Waals surface area contributed by atoms with Crippen molar-refractivity contribution in [1.29, 1.82) is 0 Å². The Morgan fingerprint density at radius 3 is 2.80 bits per heavy atom. The molecule has 1 saturated heterocycles. The molecule has 1 aliphatic heterocycles. The third-order valence-corrected chi connectivity index (χ3v) is 4.49. The molecule has 2 rings (SSSR count). The van der Waals surface area contributed by atoms with Crippen molar-refractivity contribution in [2.45, 2.75) is 13.3 Å². The summed E-state index contributed by atoms with van der Waals surface area (Å²) in [5.74, 6) is 1.13. The quantitative estimate of drug-likeness (QED) is 0.649. The number of sulfonamides is 1. The molecular formula is C11H21N5O3S. The highest BCUT2D eigenvalue weighted by Gasteiger charge is 2.15. The van der Waals surface area contributed by atoms with E-state index in [2.05, 4.69) is 25.1 Å². The number of piperazine rings is 1. The Hall–Kier alpha value is -1.03. The van der Waals surface area contributed by atoms with Crippen LogP contribution in [0.3, 0.4) is 0 Å². The van der Waals surface area contributed by atoms with Gasteiger partial charge in [-0.3, -0.25) is 4.90 Å². The van der Waals surface area contributed by atoms with Crippen LogP contribution in [0.4, 0.5) is 0 Å². The van der Waals surface area contributed by atoms with E-state index in [4.69, 9.17) is 4.52 Å². The summed E-state index contributed by atoms with van der Waals surface area (Å²) < 4.78 is 31.1. The van der Waals surface area contributed by atoms with Crippen molar-refractivity contribution in [3.8, 4) is 0 Å². The molecule has 1 aliphatic rings. The summed E-state index contributed by atoms with van der Waals surface area (Å²) in [5.41, 5.74) is 0. The Balaban J connectivity index is 1.67. The van der Waals surface area contributed by atoms with Crippen LogP contribution in [0.1, 0.15) is 11.7 Å². The van der Waals surface area contributed by atoms with E-state index in [0.717, 1.165) is 26.2 Å². The van der Waals surface area contributed by atoms with Gasteiger partial charge in [-0.05, 0) is 0 Å². The van der Waals surface area contributed by atoms with Crippen LogP contribution in [-0.4, -0.2) is 68.5 Å². The summed E-state index contributed by atoms with van der Waals surface area (Å²) in [5, 5.41) is 6.96. The topological polar surface area (TPSA) is 100 Å². The van der Waals surface area contributed by atoms with Crippen molar-refractivity contribution in [2.75, 3.05) is 45.0 Å². The van der Waals surface area contributed by atoms with Gasteiger partial charge < -0.3 is 9.84 Å². The highest BCUT2D eigenvalue weighted by atomic mass is 32.2. The average Bonchev–Trinajstić information content (AvgIpc) is 2.83. The number of rotatable bonds is 7. The highest BCUT2D eigenvalue weighted by Crippen LogP contribution is 1.97. The molecule has 8 nitrogen and oxygen atoms in total. The highest BCUT2D eigenvalue weighted by molar-refractivity contribution is 7.89. The lowest BCUT2D eigenvalue weighted by Gasteiger charge is -2.26. The number of hydrogen-bond acceptors (Lipinski definition) is 7. The van der Waals surface area contributed by atoms with Gasteiger partial charge in [-0.25, -0.2) is 13.1 Å². The van der Waals surface area contributed by atoms with Gasteiger partial charge in [0.15, 0.2) is 5.82 Å². The standard InChI is InChI=1S/C11H21N5O3S/c1-10-14-11(15-19-10)2-3-13-20(17,18)9-8-16-6-4-12-5-7-16/h12-13H,2-9H2,1H3. The largest absolute Gasteiger partial charge is 0.340 e. The van der Waals surface area contributed by atoms with E-state index in [1.807, 2.05) is 0 Å². The molecule has 9 heteroatoms. The fraction of sp³-hybridized carbons (Fsp3) is 0.818. The van der Waals surface area contributed by atoms with Crippen LogP contribution in [0.2, 0.25) is 0 Å². The normalized spacial score (nSPS) is 17.4. The van der Waals surface area contributed by atoms with E-state index >= 15 is 0 Å². The minimum atomic E-state index is -3.24. The molecular weight excluding hydrogens is 282 g/mol. The average molecular weight is 303 g/mol. The van der Waals surface area contributed by atoms with Crippen molar-refractivity contribution in [1.82, 2.24) is 25.1 Å².